The van der Waals surface area contributed by atoms with E-state index in [-0.39, 0.29) is 6.54 Å². The summed E-state index contributed by atoms with van der Waals surface area (Å²) in [5.74, 6) is -0.523. The molecule has 1 aromatic carbocycles. The zero-order valence-electron chi connectivity index (χ0n) is 24.4. The Labute approximate surface area is 237 Å². The van der Waals surface area contributed by atoms with E-state index in [0.717, 1.165) is 45.6 Å². The third-order valence-corrected chi connectivity index (χ3v) is 8.14. The van der Waals surface area contributed by atoms with Crippen LogP contribution in [0.2, 0.25) is 0 Å². The number of allylic oxidation sites excluding steroid dienone is 2. The van der Waals surface area contributed by atoms with Gasteiger partial charge in [-0.3, -0.25) is 9.78 Å². The first-order valence-corrected chi connectivity index (χ1v) is 14.5. The number of carboxylic acids is 1. The molecule has 6 nitrogen and oxygen atoms in total. The summed E-state index contributed by atoms with van der Waals surface area (Å²) in [4.78, 5) is 29.8. The Morgan fingerprint density at radius 2 is 1.79 bits per heavy atom. The molecule has 210 valence electrons. The molecule has 1 aromatic heterocycles. The lowest BCUT2D eigenvalue weighted by atomic mass is 9.89. The maximum Gasteiger partial charge on any atom is 0.407 e. The number of thioether (sulfide) groups is 1. The minimum atomic E-state index is -0.839. The Morgan fingerprint density at radius 3 is 2.38 bits per heavy atom. The Balaban J connectivity index is 2.12. The van der Waals surface area contributed by atoms with E-state index in [9.17, 15) is 14.7 Å². The minimum Gasteiger partial charge on any atom is -0.481 e. The highest BCUT2D eigenvalue weighted by molar-refractivity contribution is 8.00. The number of ether oxygens (including phenoxy) is 1. The molecule has 1 heterocycles. The number of amides is 1. The van der Waals surface area contributed by atoms with Crippen LogP contribution in [0.15, 0.2) is 48.6 Å². The van der Waals surface area contributed by atoms with Crippen molar-refractivity contribution in [2.75, 3.05) is 0 Å². The Kier molecular flexibility index (Phi) is 9.70. The van der Waals surface area contributed by atoms with Crippen LogP contribution >= 0.6 is 11.8 Å². The Morgan fingerprint density at radius 1 is 1.13 bits per heavy atom. The lowest BCUT2D eigenvalue weighted by molar-refractivity contribution is -0.140. The molecule has 2 atom stereocenters. The number of alkyl carbamates (subject to hydrolysis) is 1. The normalized spacial score (nSPS) is 18.8. The second-order valence-corrected chi connectivity index (χ2v) is 13.3. The molecule has 0 bridgehead atoms. The van der Waals surface area contributed by atoms with E-state index in [1.807, 2.05) is 46.8 Å². The van der Waals surface area contributed by atoms with Gasteiger partial charge in [-0.05, 0) is 70.6 Å². The smallest absolute Gasteiger partial charge is 0.407 e. The summed E-state index contributed by atoms with van der Waals surface area (Å²) >= 11 is 1.61. The second kappa shape index (κ2) is 12.4. The molecular formula is C32H42N2O4S. The summed E-state index contributed by atoms with van der Waals surface area (Å²) in [6, 6.07) is 8.40. The first-order chi connectivity index (χ1) is 18.2. The van der Waals surface area contributed by atoms with Crippen LogP contribution in [0.1, 0.15) is 69.6 Å². The average Bonchev–Trinajstić information content (AvgIpc) is 2.81. The molecule has 2 aromatic rings. The van der Waals surface area contributed by atoms with Gasteiger partial charge in [0.25, 0.3) is 0 Å². The quantitative estimate of drug-likeness (QED) is 0.338. The third kappa shape index (κ3) is 7.98. The third-order valence-electron chi connectivity index (χ3n) is 6.69. The van der Waals surface area contributed by atoms with Crippen molar-refractivity contribution in [1.29, 1.82) is 0 Å². The van der Waals surface area contributed by atoms with Crippen molar-refractivity contribution in [3.05, 3.63) is 76.6 Å². The van der Waals surface area contributed by atoms with Crippen molar-refractivity contribution in [1.82, 2.24) is 10.3 Å². The zero-order chi connectivity index (χ0) is 29.0. The molecular weight excluding hydrogens is 508 g/mol. The van der Waals surface area contributed by atoms with Crippen LogP contribution in [0.3, 0.4) is 0 Å². The van der Waals surface area contributed by atoms with Gasteiger partial charge in [0.05, 0.1) is 5.92 Å². The highest BCUT2D eigenvalue weighted by atomic mass is 32.2. The van der Waals surface area contributed by atoms with Crippen LogP contribution in [0, 0.1) is 25.7 Å². The Hall–Kier alpha value is -3.06. The van der Waals surface area contributed by atoms with Crippen molar-refractivity contribution < 1.29 is 19.4 Å². The minimum absolute atomic E-state index is 0.281. The lowest BCUT2D eigenvalue weighted by Gasteiger charge is -2.33. The summed E-state index contributed by atoms with van der Waals surface area (Å²) < 4.78 is 4.92. The molecule has 2 unspecified atom stereocenters. The number of aliphatic carboxylic acids is 1. The van der Waals surface area contributed by atoms with Crippen LogP contribution < -0.4 is 5.32 Å². The van der Waals surface area contributed by atoms with E-state index >= 15 is 0 Å². The first kappa shape index (κ1) is 30.5. The number of carbonyl (C=O) groups excluding carboxylic acids is 1. The van der Waals surface area contributed by atoms with Crippen LogP contribution in [0.5, 0.6) is 0 Å². The highest BCUT2D eigenvalue weighted by Crippen LogP contribution is 2.42. The SMILES string of the molecule is Cc1ccc(-c2c(CSC3(C)C=CC=CC3C(=O)O)c(C)nc(CC(C)C)c2CNC(=O)OC(C)(C)C)cc1. The number of nitrogens with one attached hydrogen (secondary N) is 1. The number of pyridine rings is 1. The lowest BCUT2D eigenvalue weighted by Crippen LogP contribution is -2.35. The van der Waals surface area contributed by atoms with Gasteiger partial charge in [0, 0.05) is 34.0 Å². The topological polar surface area (TPSA) is 88.5 Å². The summed E-state index contributed by atoms with van der Waals surface area (Å²) in [6.45, 7) is 16.2. The molecule has 0 saturated heterocycles. The van der Waals surface area contributed by atoms with Crippen LogP contribution in [0.4, 0.5) is 4.79 Å². The van der Waals surface area contributed by atoms with Gasteiger partial charge in [-0.2, -0.15) is 0 Å². The van der Waals surface area contributed by atoms with Gasteiger partial charge in [-0.15, -0.1) is 11.8 Å². The molecule has 0 aliphatic heterocycles. The maximum atomic E-state index is 12.7. The predicted molar refractivity (Wildman–Crippen MR) is 160 cm³/mol. The van der Waals surface area contributed by atoms with Gasteiger partial charge in [-0.25, -0.2) is 4.79 Å². The molecule has 1 amide bonds. The summed E-state index contributed by atoms with van der Waals surface area (Å²) in [7, 11) is 0. The molecule has 39 heavy (non-hydrogen) atoms. The van der Waals surface area contributed by atoms with E-state index < -0.39 is 28.3 Å². The van der Waals surface area contributed by atoms with E-state index in [4.69, 9.17) is 9.72 Å². The monoisotopic (exact) mass is 550 g/mol. The highest BCUT2D eigenvalue weighted by Gasteiger charge is 2.37. The van der Waals surface area contributed by atoms with Crippen LogP contribution in [-0.4, -0.2) is 32.5 Å². The van der Waals surface area contributed by atoms with Crippen molar-refractivity contribution >= 4 is 23.8 Å². The van der Waals surface area contributed by atoms with Gasteiger partial charge in [0.15, 0.2) is 0 Å². The standard InChI is InChI=1S/C32H42N2O4S/c1-20(2)17-27-24(18-33-30(37)38-31(5,6)7)28(23-14-12-21(3)13-15-23)25(22(4)34-27)19-39-32(8)16-10-9-11-26(32)29(35)36/h9-16,20,26H,17-19H2,1-8H3,(H,33,37)(H,35,36). The van der Waals surface area contributed by atoms with Crippen molar-refractivity contribution in [3.8, 4) is 11.1 Å². The molecule has 0 radical (unpaired) electrons. The van der Waals surface area contributed by atoms with Gasteiger partial charge in [-0.1, -0.05) is 68.0 Å². The average molecular weight is 551 g/mol. The fourth-order valence-corrected chi connectivity index (χ4v) is 6.06. The van der Waals surface area contributed by atoms with Gasteiger partial charge in [0.2, 0.25) is 0 Å². The molecule has 3 rings (SSSR count). The van der Waals surface area contributed by atoms with Crippen molar-refractivity contribution in [3.63, 3.8) is 0 Å². The number of rotatable bonds is 9. The Bertz CT molecular complexity index is 1260. The summed E-state index contributed by atoms with van der Waals surface area (Å²) in [5, 5.41) is 12.9. The second-order valence-electron chi connectivity index (χ2n) is 11.8. The molecule has 0 spiro atoms. The van der Waals surface area contributed by atoms with Gasteiger partial charge < -0.3 is 15.2 Å². The fraction of sp³-hybridized carbons (Fsp3) is 0.469. The molecule has 1 aliphatic carbocycles. The zero-order valence-corrected chi connectivity index (χ0v) is 25.2. The van der Waals surface area contributed by atoms with E-state index in [2.05, 4.69) is 50.4 Å². The van der Waals surface area contributed by atoms with Crippen molar-refractivity contribution in [2.24, 2.45) is 11.8 Å². The number of benzene rings is 1. The molecule has 1 aliphatic rings. The predicted octanol–water partition coefficient (Wildman–Crippen LogP) is 7.41. The fourth-order valence-electron chi connectivity index (χ4n) is 4.72. The summed E-state index contributed by atoms with van der Waals surface area (Å²) in [5.41, 5.74) is 6.55. The molecule has 0 fully saturated rings. The first-order valence-electron chi connectivity index (χ1n) is 13.5. The number of hydrogen-bond donors (Lipinski definition) is 2. The number of aryl methyl sites for hydroxylation is 2. The molecule has 7 heteroatoms. The largest absolute Gasteiger partial charge is 0.481 e. The number of carboxylic acid groups (broad SMARTS) is 1. The number of carbonyl (C=O) groups is 2. The van der Waals surface area contributed by atoms with Crippen molar-refractivity contribution in [2.45, 2.75) is 84.5 Å². The van der Waals surface area contributed by atoms with Gasteiger partial charge >= 0.3 is 12.1 Å². The van der Waals surface area contributed by atoms with E-state index in [0.29, 0.717) is 11.7 Å². The molecule has 0 saturated carbocycles. The van der Waals surface area contributed by atoms with E-state index in [1.165, 1.54) is 0 Å². The number of aromatic nitrogens is 1. The van der Waals surface area contributed by atoms with Crippen LogP contribution in [-0.2, 0) is 28.2 Å². The maximum absolute atomic E-state index is 12.7. The van der Waals surface area contributed by atoms with Crippen LogP contribution in [0.25, 0.3) is 11.1 Å². The van der Waals surface area contributed by atoms with E-state index in [1.54, 1.807) is 23.9 Å². The molecule has 2 N–H and O–H groups in total. The van der Waals surface area contributed by atoms with Gasteiger partial charge in [0.1, 0.15) is 5.60 Å². The summed E-state index contributed by atoms with van der Waals surface area (Å²) in [6.07, 6.45) is 7.74. The number of hydrogen-bond acceptors (Lipinski definition) is 5. The number of nitrogens with zero attached hydrogens (tertiary/aromatic N) is 1.